The van der Waals surface area contributed by atoms with Gasteiger partial charge >= 0.3 is 0 Å². The van der Waals surface area contributed by atoms with E-state index in [1.807, 2.05) is 13.1 Å². The van der Waals surface area contributed by atoms with Crippen LogP contribution in [-0.2, 0) is 11.2 Å². The molecule has 1 fully saturated rings. The second-order valence-corrected chi connectivity index (χ2v) is 5.79. The number of hydrogen-bond acceptors (Lipinski definition) is 3. The number of rotatable bonds is 5. The van der Waals surface area contributed by atoms with Crippen molar-refractivity contribution in [2.45, 2.75) is 44.8 Å². The van der Waals surface area contributed by atoms with Crippen LogP contribution in [0.15, 0.2) is 18.2 Å². The lowest BCUT2D eigenvalue weighted by Crippen LogP contribution is -2.42. The van der Waals surface area contributed by atoms with Gasteiger partial charge in [0.2, 0.25) is 0 Å². The molecule has 2 aliphatic rings. The molecule has 0 radical (unpaired) electrons. The molecule has 1 N–H and O–H groups in total. The number of aryl methyl sites for hydroxylation is 1. The van der Waals surface area contributed by atoms with Crippen molar-refractivity contribution in [2.24, 2.45) is 0 Å². The molecule has 1 heterocycles. The van der Waals surface area contributed by atoms with Gasteiger partial charge in [-0.15, -0.1) is 0 Å². The lowest BCUT2D eigenvalue weighted by atomic mass is 10.1. The Bertz CT molecular complexity index is 511. The Hall–Kier alpha value is -1.55. The minimum absolute atomic E-state index is 0.0186. The summed E-state index contributed by atoms with van der Waals surface area (Å²) in [7, 11) is 1.82. The Labute approximate surface area is 120 Å². The molecule has 0 bridgehead atoms. The number of nitrogens with zero attached hydrogens (tertiary/aromatic N) is 1. The maximum atomic E-state index is 11.9. The third kappa shape index (κ3) is 2.80. The first-order valence-electron chi connectivity index (χ1n) is 7.45. The molecule has 1 aromatic carbocycles. The lowest BCUT2D eigenvalue weighted by Gasteiger charge is -2.30. The van der Waals surface area contributed by atoms with E-state index in [0.717, 1.165) is 36.9 Å². The molecule has 1 amide bonds. The smallest absolute Gasteiger partial charge is 0.267 e. The highest BCUT2D eigenvalue weighted by Gasteiger charge is 2.28. The van der Waals surface area contributed by atoms with Crippen molar-refractivity contribution in [1.29, 1.82) is 0 Å². The molecule has 1 saturated carbocycles. The fraction of sp³-hybridized carbons (Fsp3) is 0.562. The summed E-state index contributed by atoms with van der Waals surface area (Å²) in [6, 6.07) is 6.94. The topological polar surface area (TPSA) is 41.6 Å². The van der Waals surface area contributed by atoms with Gasteiger partial charge in [0, 0.05) is 13.1 Å². The van der Waals surface area contributed by atoms with Crippen molar-refractivity contribution in [3.8, 4) is 5.75 Å². The molecule has 0 saturated heterocycles. The number of nitrogens with one attached hydrogen (secondary N) is 1. The average molecular weight is 274 g/mol. The number of fused-ring (bicyclic) bond motifs is 1. The average Bonchev–Trinajstić information content (AvgIpc) is 3.26. The number of anilines is 1. The number of likely N-dealkylation sites (N-methyl/N-ethyl adjacent to an activating group) is 1. The van der Waals surface area contributed by atoms with Crippen molar-refractivity contribution in [3.05, 3.63) is 23.8 Å². The standard InChI is InChI=1S/C16H22N2O2/c1-11-16(19)18(2)14-10-12(5-8-15(14)20-11)4-3-9-17-13-6-7-13/h5,8,10-11,13,17H,3-4,6-7,9H2,1-2H3. The molecule has 0 spiro atoms. The summed E-state index contributed by atoms with van der Waals surface area (Å²) in [5, 5.41) is 3.52. The first-order chi connectivity index (χ1) is 9.65. The van der Waals surface area contributed by atoms with Crippen molar-refractivity contribution in [2.75, 3.05) is 18.5 Å². The largest absolute Gasteiger partial charge is 0.479 e. The third-order valence-electron chi connectivity index (χ3n) is 4.02. The number of ether oxygens (including phenoxy) is 1. The number of benzene rings is 1. The van der Waals surface area contributed by atoms with Crippen LogP contribution >= 0.6 is 0 Å². The first kappa shape index (κ1) is 13.4. The molecule has 1 unspecified atom stereocenters. The number of amides is 1. The summed E-state index contributed by atoms with van der Waals surface area (Å²) in [5.74, 6) is 0.824. The van der Waals surface area contributed by atoms with E-state index in [9.17, 15) is 4.79 Å². The van der Waals surface area contributed by atoms with E-state index in [2.05, 4.69) is 17.4 Å². The van der Waals surface area contributed by atoms with Crippen molar-refractivity contribution in [3.63, 3.8) is 0 Å². The minimum atomic E-state index is -0.388. The molecule has 1 aliphatic heterocycles. The van der Waals surface area contributed by atoms with Crippen LogP contribution in [0.25, 0.3) is 0 Å². The zero-order chi connectivity index (χ0) is 14.1. The molecule has 4 nitrogen and oxygen atoms in total. The monoisotopic (exact) mass is 274 g/mol. The predicted molar refractivity (Wildman–Crippen MR) is 79.3 cm³/mol. The van der Waals surface area contributed by atoms with Crippen LogP contribution in [0.1, 0.15) is 31.7 Å². The van der Waals surface area contributed by atoms with Gasteiger partial charge in [0.25, 0.3) is 5.91 Å². The Kier molecular flexibility index (Phi) is 3.66. The Balaban J connectivity index is 1.63. The summed E-state index contributed by atoms with van der Waals surface area (Å²) < 4.78 is 5.63. The van der Waals surface area contributed by atoms with Gasteiger partial charge < -0.3 is 15.0 Å². The van der Waals surface area contributed by atoms with Gasteiger partial charge in [-0.1, -0.05) is 6.07 Å². The zero-order valence-electron chi connectivity index (χ0n) is 12.2. The summed E-state index contributed by atoms with van der Waals surface area (Å²) in [4.78, 5) is 13.6. The maximum absolute atomic E-state index is 11.9. The number of carbonyl (C=O) groups excluding carboxylic acids is 1. The van der Waals surface area contributed by atoms with Gasteiger partial charge in [-0.2, -0.15) is 0 Å². The molecular weight excluding hydrogens is 252 g/mol. The fourth-order valence-corrected chi connectivity index (χ4v) is 2.60. The molecule has 1 aromatic rings. The second kappa shape index (κ2) is 5.44. The maximum Gasteiger partial charge on any atom is 0.267 e. The van der Waals surface area contributed by atoms with Crippen LogP contribution in [0.4, 0.5) is 5.69 Å². The number of hydrogen-bond donors (Lipinski definition) is 1. The van der Waals surface area contributed by atoms with Crippen molar-refractivity contribution < 1.29 is 9.53 Å². The van der Waals surface area contributed by atoms with Crippen LogP contribution in [-0.4, -0.2) is 31.6 Å². The molecule has 1 aliphatic carbocycles. The van der Waals surface area contributed by atoms with E-state index in [-0.39, 0.29) is 12.0 Å². The second-order valence-electron chi connectivity index (χ2n) is 5.79. The molecule has 3 rings (SSSR count). The summed E-state index contributed by atoms with van der Waals surface area (Å²) >= 11 is 0. The Morgan fingerprint density at radius 1 is 1.40 bits per heavy atom. The third-order valence-corrected chi connectivity index (χ3v) is 4.02. The Morgan fingerprint density at radius 3 is 2.95 bits per heavy atom. The minimum Gasteiger partial charge on any atom is -0.479 e. The van der Waals surface area contributed by atoms with Crippen LogP contribution in [0, 0.1) is 0 Å². The number of carbonyl (C=O) groups is 1. The van der Waals surface area contributed by atoms with Gasteiger partial charge in [0.05, 0.1) is 5.69 Å². The molecule has 20 heavy (non-hydrogen) atoms. The lowest BCUT2D eigenvalue weighted by molar-refractivity contribution is -0.125. The van der Waals surface area contributed by atoms with Crippen molar-refractivity contribution >= 4 is 11.6 Å². The molecule has 4 heteroatoms. The predicted octanol–water partition coefficient (Wildman–Crippen LogP) is 2.11. The van der Waals surface area contributed by atoms with Gasteiger partial charge in [-0.25, -0.2) is 0 Å². The summed E-state index contributed by atoms with van der Waals surface area (Å²) in [6.07, 6.45) is 4.44. The first-order valence-corrected chi connectivity index (χ1v) is 7.45. The highest BCUT2D eigenvalue weighted by atomic mass is 16.5. The van der Waals surface area contributed by atoms with Gasteiger partial charge in [-0.05, 0) is 56.8 Å². The molecular formula is C16H22N2O2. The van der Waals surface area contributed by atoms with Gasteiger partial charge in [0.1, 0.15) is 5.75 Å². The zero-order valence-corrected chi connectivity index (χ0v) is 12.2. The van der Waals surface area contributed by atoms with Gasteiger partial charge in [-0.3, -0.25) is 4.79 Å². The molecule has 1 atom stereocenters. The van der Waals surface area contributed by atoms with E-state index in [0.29, 0.717) is 0 Å². The van der Waals surface area contributed by atoms with E-state index in [1.54, 1.807) is 11.8 Å². The van der Waals surface area contributed by atoms with E-state index in [4.69, 9.17) is 4.74 Å². The fourth-order valence-electron chi connectivity index (χ4n) is 2.60. The van der Waals surface area contributed by atoms with Crippen LogP contribution in [0.2, 0.25) is 0 Å². The van der Waals surface area contributed by atoms with E-state index in [1.165, 1.54) is 18.4 Å². The van der Waals surface area contributed by atoms with Gasteiger partial charge in [0.15, 0.2) is 6.10 Å². The highest BCUT2D eigenvalue weighted by molar-refractivity contribution is 5.99. The normalized spacial score (nSPS) is 21.6. The molecule has 0 aromatic heterocycles. The van der Waals surface area contributed by atoms with Crippen LogP contribution in [0.5, 0.6) is 5.75 Å². The molecule has 108 valence electrons. The summed E-state index contributed by atoms with van der Waals surface area (Å²) in [6.45, 7) is 2.86. The van der Waals surface area contributed by atoms with E-state index >= 15 is 0 Å². The SMILES string of the molecule is CC1Oc2ccc(CCCNC3CC3)cc2N(C)C1=O. The van der Waals surface area contributed by atoms with Crippen LogP contribution < -0.4 is 15.0 Å². The highest BCUT2D eigenvalue weighted by Crippen LogP contribution is 2.34. The summed E-state index contributed by atoms with van der Waals surface area (Å²) in [5.41, 5.74) is 2.15. The van der Waals surface area contributed by atoms with Crippen molar-refractivity contribution in [1.82, 2.24) is 5.32 Å². The quantitative estimate of drug-likeness (QED) is 0.836. The van der Waals surface area contributed by atoms with E-state index < -0.39 is 0 Å². The Morgan fingerprint density at radius 2 is 2.20 bits per heavy atom. The van der Waals surface area contributed by atoms with Crippen LogP contribution in [0.3, 0.4) is 0 Å².